The summed E-state index contributed by atoms with van der Waals surface area (Å²) in [6, 6.07) is 14.9. The molecule has 1 N–H and O–H groups in total. The van der Waals surface area contributed by atoms with Gasteiger partial charge in [-0.2, -0.15) is 5.10 Å². The van der Waals surface area contributed by atoms with Gasteiger partial charge < -0.3 is 10.1 Å². The number of aryl methyl sites for hydroxylation is 3. The Balaban J connectivity index is 1.82. The van der Waals surface area contributed by atoms with Crippen LogP contribution in [0.4, 0.5) is 5.69 Å². The number of hydrogen-bond acceptors (Lipinski definition) is 3. The lowest BCUT2D eigenvalue weighted by Crippen LogP contribution is -2.26. The van der Waals surface area contributed by atoms with Crippen LogP contribution in [0.1, 0.15) is 35.5 Å². The molecule has 0 amide bonds. The van der Waals surface area contributed by atoms with Crippen LogP contribution in [0.3, 0.4) is 0 Å². The highest BCUT2D eigenvalue weighted by molar-refractivity contribution is 5.81. The summed E-state index contributed by atoms with van der Waals surface area (Å²) in [7, 11) is 0. The first-order chi connectivity index (χ1) is 12.1. The number of anilines is 1. The van der Waals surface area contributed by atoms with Gasteiger partial charge in [-0.25, -0.2) is 4.68 Å². The van der Waals surface area contributed by atoms with Crippen molar-refractivity contribution in [3.63, 3.8) is 0 Å². The Labute approximate surface area is 148 Å². The molecule has 128 valence electrons. The predicted octanol–water partition coefficient (Wildman–Crippen LogP) is 4.85. The van der Waals surface area contributed by atoms with Crippen molar-refractivity contribution in [2.45, 2.75) is 33.9 Å². The summed E-state index contributed by atoms with van der Waals surface area (Å²) in [5.74, 6) is 0.895. The Bertz CT molecular complexity index is 925. The predicted molar refractivity (Wildman–Crippen MR) is 101 cm³/mol. The fourth-order valence-electron chi connectivity index (χ4n) is 3.61. The van der Waals surface area contributed by atoms with E-state index in [0.717, 1.165) is 17.1 Å². The van der Waals surface area contributed by atoms with Gasteiger partial charge in [0, 0.05) is 11.3 Å². The number of ether oxygens (including phenoxy) is 1. The number of aromatic nitrogens is 2. The van der Waals surface area contributed by atoms with Crippen molar-refractivity contribution < 1.29 is 4.74 Å². The van der Waals surface area contributed by atoms with Gasteiger partial charge in [0.2, 0.25) is 0 Å². The largest absolute Gasteiger partial charge is 0.494 e. The van der Waals surface area contributed by atoms with Crippen molar-refractivity contribution in [3.05, 3.63) is 64.8 Å². The molecule has 25 heavy (non-hydrogen) atoms. The van der Waals surface area contributed by atoms with Gasteiger partial charge in [0.25, 0.3) is 0 Å². The van der Waals surface area contributed by atoms with E-state index in [0.29, 0.717) is 6.61 Å². The summed E-state index contributed by atoms with van der Waals surface area (Å²) in [6.07, 6.45) is -0.0201. The second-order valence-corrected chi connectivity index (χ2v) is 6.67. The quantitative estimate of drug-likeness (QED) is 0.745. The average molecular weight is 333 g/mol. The molecule has 4 rings (SSSR count). The Hall–Kier alpha value is -2.75. The maximum atomic E-state index is 5.57. The Morgan fingerprint density at radius 1 is 1.08 bits per heavy atom. The van der Waals surface area contributed by atoms with E-state index in [1.165, 1.54) is 27.9 Å². The van der Waals surface area contributed by atoms with Gasteiger partial charge in [-0.1, -0.05) is 23.8 Å². The normalized spacial score (nSPS) is 15.3. The molecule has 0 radical (unpaired) electrons. The number of hydrogen-bond donors (Lipinski definition) is 1. The molecule has 4 heteroatoms. The highest BCUT2D eigenvalue weighted by Gasteiger charge is 2.27. The summed E-state index contributed by atoms with van der Waals surface area (Å²) in [5.41, 5.74) is 8.30. The van der Waals surface area contributed by atoms with Gasteiger partial charge >= 0.3 is 0 Å². The summed E-state index contributed by atoms with van der Waals surface area (Å²) in [4.78, 5) is 0. The molecule has 1 aliphatic rings. The zero-order valence-corrected chi connectivity index (χ0v) is 15.1. The van der Waals surface area contributed by atoms with Crippen LogP contribution in [0.15, 0.2) is 42.5 Å². The molecule has 0 aliphatic carbocycles. The summed E-state index contributed by atoms with van der Waals surface area (Å²) in [6.45, 7) is 9.02. The van der Waals surface area contributed by atoms with E-state index in [-0.39, 0.29) is 6.17 Å². The molecule has 0 fully saturated rings. The van der Waals surface area contributed by atoms with Crippen molar-refractivity contribution in [3.8, 4) is 17.0 Å². The molecule has 0 spiro atoms. The Kier molecular flexibility index (Phi) is 3.75. The fraction of sp³-hybridized carbons (Fsp3) is 0.286. The second kappa shape index (κ2) is 5.96. The van der Waals surface area contributed by atoms with Crippen LogP contribution in [0.2, 0.25) is 0 Å². The molecule has 4 nitrogen and oxygen atoms in total. The molecule has 1 atom stereocenters. The first-order valence-corrected chi connectivity index (χ1v) is 8.74. The highest BCUT2D eigenvalue weighted by atomic mass is 16.5. The van der Waals surface area contributed by atoms with Crippen LogP contribution in [-0.2, 0) is 0 Å². The van der Waals surface area contributed by atoms with Crippen LogP contribution >= 0.6 is 0 Å². The number of rotatable bonds is 3. The van der Waals surface area contributed by atoms with Crippen molar-refractivity contribution in [1.29, 1.82) is 0 Å². The molecule has 0 unspecified atom stereocenters. The maximum absolute atomic E-state index is 5.57. The molecule has 1 aromatic heterocycles. The van der Waals surface area contributed by atoms with Crippen molar-refractivity contribution in [2.24, 2.45) is 0 Å². The summed E-state index contributed by atoms with van der Waals surface area (Å²) < 4.78 is 7.66. The third-order valence-corrected chi connectivity index (χ3v) is 4.65. The number of fused-ring (bicyclic) bond motifs is 3. The van der Waals surface area contributed by atoms with Crippen LogP contribution in [0.5, 0.6) is 5.75 Å². The van der Waals surface area contributed by atoms with Crippen molar-refractivity contribution in [1.82, 2.24) is 9.78 Å². The minimum absolute atomic E-state index is 0.0201. The van der Waals surface area contributed by atoms with Gasteiger partial charge in [0.05, 0.1) is 18.0 Å². The minimum Gasteiger partial charge on any atom is -0.494 e. The van der Waals surface area contributed by atoms with Gasteiger partial charge in [0.1, 0.15) is 11.9 Å². The third kappa shape index (κ3) is 2.68. The monoisotopic (exact) mass is 333 g/mol. The Morgan fingerprint density at radius 2 is 1.84 bits per heavy atom. The summed E-state index contributed by atoms with van der Waals surface area (Å²) >= 11 is 0. The van der Waals surface area contributed by atoms with Crippen LogP contribution in [0, 0.1) is 20.8 Å². The van der Waals surface area contributed by atoms with Gasteiger partial charge in [-0.05, 0) is 63.1 Å². The zero-order chi connectivity index (χ0) is 17.6. The smallest absolute Gasteiger partial charge is 0.147 e. The van der Waals surface area contributed by atoms with Gasteiger partial charge in [0.15, 0.2) is 0 Å². The van der Waals surface area contributed by atoms with E-state index in [4.69, 9.17) is 9.84 Å². The molecule has 0 saturated heterocycles. The highest BCUT2D eigenvalue weighted by Crippen LogP contribution is 2.41. The maximum Gasteiger partial charge on any atom is 0.147 e. The lowest BCUT2D eigenvalue weighted by Gasteiger charge is -2.30. The molecule has 2 aromatic carbocycles. The van der Waals surface area contributed by atoms with E-state index in [1.807, 2.05) is 26.0 Å². The minimum atomic E-state index is -0.0201. The van der Waals surface area contributed by atoms with E-state index in [1.54, 1.807) is 0 Å². The second-order valence-electron chi connectivity index (χ2n) is 6.67. The van der Waals surface area contributed by atoms with E-state index >= 15 is 0 Å². The van der Waals surface area contributed by atoms with E-state index < -0.39 is 0 Å². The molecule has 2 heterocycles. The van der Waals surface area contributed by atoms with E-state index in [9.17, 15) is 0 Å². The summed E-state index contributed by atoms with van der Waals surface area (Å²) in [5, 5.41) is 8.44. The first-order valence-electron chi connectivity index (χ1n) is 8.74. The molecule has 0 bridgehead atoms. The first kappa shape index (κ1) is 15.8. The molecule has 0 saturated carbocycles. The molecular weight excluding hydrogens is 310 g/mol. The average Bonchev–Trinajstić information content (AvgIpc) is 2.97. The zero-order valence-electron chi connectivity index (χ0n) is 15.1. The van der Waals surface area contributed by atoms with Gasteiger partial charge in [-0.3, -0.25) is 0 Å². The lowest BCUT2D eigenvalue weighted by molar-refractivity contribution is 0.340. The van der Waals surface area contributed by atoms with Crippen LogP contribution < -0.4 is 10.1 Å². The van der Waals surface area contributed by atoms with E-state index in [2.05, 4.69) is 54.2 Å². The number of nitrogens with one attached hydrogen (secondary N) is 1. The number of nitrogens with zero attached hydrogens (tertiary/aromatic N) is 2. The number of benzene rings is 2. The molecule has 3 aromatic rings. The standard InChI is InChI=1S/C21H23N3O/c1-5-25-17-8-6-16(7-9-17)21-22-20-14(3)10-13(2)11-18(20)19-12-15(4)23-24(19)21/h6-12,21-22H,5H2,1-4H3/t21-/m0/s1. The molecule has 1 aliphatic heterocycles. The SMILES string of the molecule is CCOc1ccc([C@H]2Nc3c(C)cc(C)cc3-c3cc(C)nn32)cc1. The lowest BCUT2D eigenvalue weighted by atomic mass is 9.98. The fourth-order valence-corrected chi connectivity index (χ4v) is 3.61. The Morgan fingerprint density at radius 3 is 2.56 bits per heavy atom. The van der Waals surface area contributed by atoms with Gasteiger partial charge in [-0.15, -0.1) is 0 Å². The van der Waals surface area contributed by atoms with Crippen LogP contribution in [0.25, 0.3) is 11.3 Å². The van der Waals surface area contributed by atoms with Crippen LogP contribution in [-0.4, -0.2) is 16.4 Å². The molecular formula is C21H23N3O. The third-order valence-electron chi connectivity index (χ3n) is 4.65. The topological polar surface area (TPSA) is 39.1 Å². The van der Waals surface area contributed by atoms with Crippen molar-refractivity contribution in [2.75, 3.05) is 11.9 Å². The van der Waals surface area contributed by atoms with Crippen molar-refractivity contribution >= 4 is 5.69 Å².